The zero-order valence-corrected chi connectivity index (χ0v) is 19.4. The minimum absolute atomic E-state index is 1.07. The van der Waals surface area contributed by atoms with E-state index in [1.807, 2.05) is 0 Å². The number of hydrogen-bond donors (Lipinski definition) is 0. The van der Waals surface area contributed by atoms with Crippen LogP contribution in [0.4, 0.5) is 0 Å². The van der Waals surface area contributed by atoms with E-state index in [4.69, 9.17) is 0 Å². The molecule has 2 radical (unpaired) electrons. The first-order valence-electron chi connectivity index (χ1n) is 13.0. The summed E-state index contributed by atoms with van der Waals surface area (Å²) in [6.07, 6.45) is 32.5. The second-order valence-electron chi connectivity index (χ2n) is 8.63. The minimum atomic E-state index is 1.07. The van der Waals surface area contributed by atoms with Crippen molar-refractivity contribution in [2.24, 2.45) is 0 Å². The highest BCUT2D eigenvalue weighted by atomic mass is 14.0. The molecule has 0 bridgehead atoms. The van der Waals surface area contributed by atoms with Gasteiger partial charge in [-0.25, -0.2) is 0 Å². The van der Waals surface area contributed by atoms with Crippen LogP contribution in [0, 0.1) is 25.7 Å². The van der Waals surface area contributed by atoms with Crippen LogP contribution in [0.2, 0.25) is 0 Å². The van der Waals surface area contributed by atoms with Gasteiger partial charge in [0.2, 0.25) is 0 Å². The molecule has 28 heavy (non-hydrogen) atoms. The molecule has 0 aliphatic carbocycles. The van der Waals surface area contributed by atoms with Gasteiger partial charge >= 0.3 is 0 Å². The van der Waals surface area contributed by atoms with E-state index >= 15 is 0 Å². The van der Waals surface area contributed by atoms with Gasteiger partial charge in [0.25, 0.3) is 0 Å². The molecule has 164 valence electrons. The zero-order chi connectivity index (χ0) is 20.4. The Kier molecular flexibility index (Phi) is 26.1. The first-order chi connectivity index (χ1) is 13.9. The van der Waals surface area contributed by atoms with Gasteiger partial charge < -0.3 is 0 Å². The van der Waals surface area contributed by atoms with Gasteiger partial charge in [-0.2, -0.15) is 0 Å². The molecule has 0 spiro atoms. The molecule has 0 saturated carbocycles. The Bertz CT molecular complexity index is 319. The van der Waals surface area contributed by atoms with Gasteiger partial charge in [0, 0.05) is 12.8 Å². The fraction of sp³-hybridized carbons (Fsp3) is 0.857. The van der Waals surface area contributed by atoms with E-state index in [2.05, 4.69) is 25.7 Å². The molecule has 0 N–H and O–H groups in total. The van der Waals surface area contributed by atoms with Crippen LogP contribution in [0.5, 0.6) is 0 Å². The second-order valence-corrected chi connectivity index (χ2v) is 8.63. The molecule has 0 aromatic carbocycles. The van der Waals surface area contributed by atoms with Crippen LogP contribution >= 0.6 is 0 Å². The van der Waals surface area contributed by atoms with Crippen LogP contribution in [0.1, 0.15) is 154 Å². The lowest BCUT2D eigenvalue weighted by Gasteiger charge is -2.03. The molecule has 0 heterocycles. The fourth-order valence-corrected chi connectivity index (χ4v) is 3.79. The van der Waals surface area contributed by atoms with Crippen molar-refractivity contribution in [3.8, 4) is 11.8 Å². The summed E-state index contributed by atoms with van der Waals surface area (Å²) < 4.78 is 0. The molecule has 0 saturated heterocycles. The number of hydrogen-bond acceptors (Lipinski definition) is 0. The van der Waals surface area contributed by atoms with Crippen LogP contribution in [0.3, 0.4) is 0 Å². The lowest BCUT2D eigenvalue weighted by atomic mass is 10.0. The summed E-state index contributed by atoms with van der Waals surface area (Å²) in [5.41, 5.74) is 0. The van der Waals surface area contributed by atoms with E-state index < -0.39 is 0 Å². The Morgan fingerprint density at radius 3 is 0.786 bits per heavy atom. The third-order valence-corrected chi connectivity index (χ3v) is 5.73. The highest BCUT2D eigenvalue weighted by Crippen LogP contribution is 2.14. The van der Waals surface area contributed by atoms with Gasteiger partial charge in [0.15, 0.2) is 0 Å². The lowest BCUT2D eigenvalue weighted by molar-refractivity contribution is 0.526. The predicted octanol–water partition coefficient (Wildman–Crippen LogP) is 10.0. The van der Waals surface area contributed by atoms with Gasteiger partial charge in [-0.3, -0.25) is 0 Å². The van der Waals surface area contributed by atoms with Crippen LogP contribution in [0.25, 0.3) is 0 Å². The normalized spacial score (nSPS) is 10.8. The average molecular weight is 389 g/mol. The Morgan fingerprint density at radius 2 is 0.500 bits per heavy atom. The molecule has 0 aromatic heterocycles. The van der Waals surface area contributed by atoms with Crippen LogP contribution < -0.4 is 0 Å². The third-order valence-electron chi connectivity index (χ3n) is 5.73. The van der Waals surface area contributed by atoms with Crippen molar-refractivity contribution >= 4 is 0 Å². The molecule has 0 nitrogen and oxygen atoms in total. The molecule has 0 aliphatic rings. The SMILES string of the molecule is [CH2]CCCCCC#CCCCCCCCCCCCCCCCCCCC[CH2]. The summed E-state index contributed by atoms with van der Waals surface area (Å²) in [6.45, 7) is 7.79. The zero-order valence-electron chi connectivity index (χ0n) is 19.4. The van der Waals surface area contributed by atoms with Crippen LogP contribution in [0.15, 0.2) is 0 Å². The van der Waals surface area contributed by atoms with Crippen LogP contribution in [-0.2, 0) is 0 Å². The lowest BCUT2D eigenvalue weighted by Crippen LogP contribution is -1.84. The first-order valence-corrected chi connectivity index (χ1v) is 13.0. The van der Waals surface area contributed by atoms with Crippen molar-refractivity contribution in [3.05, 3.63) is 13.8 Å². The van der Waals surface area contributed by atoms with Crippen molar-refractivity contribution in [3.63, 3.8) is 0 Å². The molecule has 0 fully saturated rings. The quantitative estimate of drug-likeness (QED) is 0.128. The summed E-state index contributed by atoms with van der Waals surface area (Å²) in [6, 6.07) is 0. The van der Waals surface area contributed by atoms with E-state index in [1.165, 1.54) is 128 Å². The molecule has 0 atom stereocenters. The maximum absolute atomic E-state index is 3.91. The van der Waals surface area contributed by atoms with E-state index in [0.29, 0.717) is 0 Å². The first kappa shape index (κ1) is 27.6. The second kappa shape index (κ2) is 26.6. The molecule has 0 unspecified atom stereocenters. The van der Waals surface area contributed by atoms with Gasteiger partial charge in [-0.15, -0.1) is 11.8 Å². The van der Waals surface area contributed by atoms with Gasteiger partial charge in [-0.1, -0.05) is 142 Å². The van der Waals surface area contributed by atoms with Gasteiger partial charge in [-0.05, 0) is 12.8 Å². The van der Waals surface area contributed by atoms with E-state index in [9.17, 15) is 0 Å². The number of rotatable bonds is 22. The fourth-order valence-electron chi connectivity index (χ4n) is 3.79. The maximum Gasteiger partial charge on any atom is 0.00886 e. The summed E-state index contributed by atoms with van der Waals surface area (Å²) in [5.74, 6) is 6.68. The predicted molar refractivity (Wildman–Crippen MR) is 129 cm³/mol. The van der Waals surface area contributed by atoms with Crippen LogP contribution in [-0.4, -0.2) is 0 Å². The van der Waals surface area contributed by atoms with E-state index in [-0.39, 0.29) is 0 Å². The maximum atomic E-state index is 3.91. The summed E-state index contributed by atoms with van der Waals surface area (Å²) in [4.78, 5) is 0. The monoisotopic (exact) mass is 388 g/mol. The summed E-state index contributed by atoms with van der Waals surface area (Å²) in [5, 5.41) is 0. The molecule has 0 heteroatoms. The van der Waals surface area contributed by atoms with E-state index in [0.717, 1.165) is 25.7 Å². The molecular weight excluding hydrogens is 336 g/mol. The standard InChI is InChI=1S/C28H52/c1-3-5-7-9-11-13-15-17-19-21-23-25-27-28-26-24-22-20-18-16-14-12-10-8-6-4-2/h1-13,15,17-28H2. The topological polar surface area (TPSA) is 0 Å². The van der Waals surface area contributed by atoms with E-state index in [1.54, 1.807) is 0 Å². The van der Waals surface area contributed by atoms with Gasteiger partial charge in [0.1, 0.15) is 0 Å². The van der Waals surface area contributed by atoms with Crippen molar-refractivity contribution in [2.75, 3.05) is 0 Å². The van der Waals surface area contributed by atoms with Gasteiger partial charge in [0.05, 0.1) is 0 Å². The minimum Gasteiger partial charge on any atom is -0.103 e. The largest absolute Gasteiger partial charge is 0.103 e. The molecule has 0 aliphatic heterocycles. The number of unbranched alkanes of at least 4 members (excludes halogenated alkanes) is 22. The average Bonchev–Trinajstić information content (AvgIpc) is 2.71. The molecule has 0 amide bonds. The van der Waals surface area contributed by atoms with Crippen molar-refractivity contribution in [1.29, 1.82) is 0 Å². The molecular formula is C28H52. The van der Waals surface area contributed by atoms with Crippen molar-refractivity contribution in [1.82, 2.24) is 0 Å². The Morgan fingerprint density at radius 1 is 0.286 bits per heavy atom. The smallest absolute Gasteiger partial charge is 0.00886 e. The Labute approximate surface area is 180 Å². The van der Waals surface area contributed by atoms with Crippen molar-refractivity contribution in [2.45, 2.75) is 154 Å². The molecule has 0 rings (SSSR count). The summed E-state index contributed by atoms with van der Waals surface area (Å²) >= 11 is 0. The summed E-state index contributed by atoms with van der Waals surface area (Å²) in [7, 11) is 0. The Balaban J connectivity index is 3.04. The highest BCUT2D eigenvalue weighted by Gasteiger charge is 1.95. The van der Waals surface area contributed by atoms with Crippen molar-refractivity contribution < 1.29 is 0 Å². The molecule has 0 aromatic rings. The Hall–Kier alpha value is -0.440. The highest BCUT2D eigenvalue weighted by molar-refractivity contribution is 4.98. The third kappa shape index (κ3) is 25.6.